The Hall–Kier alpha value is -3.40. The van der Waals surface area contributed by atoms with Gasteiger partial charge in [0.05, 0.1) is 11.8 Å². The first-order valence-corrected chi connectivity index (χ1v) is 8.14. The van der Waals surface area contributed by atoms with E-state index in [4.69, 9.17) is 4.74 Å². The lowest BCUT2D eigenvalue weighted by Crippen LogP contribution is -2.21. The molecular weight excluding hydrogens is 326 g/mol. The van der Waals surface area contributed by atoms with Crippen molar-refractivity contribution in [3.8, 4) is 0 Å². The number of rotatable bonds is 6. The van der Waals surface area contributed by atoms with Gasteiger partial charge in [0.1, 0.15) is 0 Å². The fourth-order valence-corrected chi connectivity index (χ4v) is 2.07. The van der Waals surface area contributed by atoms with Gasteiger partial charge in [-0.2, -0.15) is 0 Å². The van der Waals surface area contributed by atoms with Gasteiger partial charge in [-0.05, 0) is 56.3 Å². The summed E-state index contributed by atoms with van der Waals surface area (Å²) < 4.78 is 5.05. The molecule has 0 radical (unpaired) electrons. The van der Waals surface area contributed by atoms with Gasteiger partial charge >= 0.3 is 5.97 Å². The van der Waals surface area contributed by atoms with Gasteiger partial charge in [-0.15, -0.1) is 0 Å². The van der Waals surface area contributed by atoms with E-state index in [1.807, 2.05) is 38.1 Å². The fraction of sp³-hybridized carbons (Fsp3) is 0.0909. The number of allylic oxidation sites excluding steroid dienone is 3. The summed E-state index contributed by atoms with van der Waals surface area (Å²) in [4.78, 5) is 24.0. The highest BCUT2D eigenvalue weighted by molar-refractivity contribution is 5.95. The predicted octanol–water partition coefficient (Wildman–Crippen LogP) is 4.47. The van der Waals surface area contributed by atoms with Crippen molar-refractivity contribution in [3.63, 3.8) is 0 Å². The lowest BCUT2D eigenvalue weighted by Gasteiger charge is -2.05. The van der Waals surface area contributed by atoms with E-state index in [0.29, 0.717) is 16.8 Å². The number of amides is 1. The van der Waals surface area contributed by atoms with Crippen molar-refractivity contribution < 1.29 is 14.3 Å². The molecule has 0 aromatic heterocycles. The van der Waals surface area contributed by atoms with Crippen molar-refractivity contribution in [1.82, 2.24) is 5.32 Å². The molecule has 0 aliphatic rings. The Kier molecular flexibility index (Phi) is 6.68. The third kappa shape index (κ3) is 5.60. The van der Waals surface area contributed by atoms with Crippen LogP contribution >= 0.6 is 0 Å². The van der Waals surface area contributed by atoms with Gasteiger partial charge in [-0.1, -0.05) is 42.0 Å². The van der Waals surface area contributed by atoms with Crippen LogP contribution in [0.2, 0.25) is 0 Å². The molecule has 0 spiro atoms. The molecule has 2 aromatic carbocycles. The number of aryl methyl sites for hydroxylation is 2. The maximum atomic E-state index is 12.2. The summed E-state index contributed by atoms with van der Waals surface area (Å²) in [7, 11) is 0. The number of nitrogens with one attached hydrogen (secondary N) is 1. The zero-order valence-corrected chi connectivity index (χ0v) is 14.9. The quantitative estimate of drug-likeness (QED) is 0.476. The number of hydrogen-bond donors (Lipinski definition) is 1. The molecule has 0 atom stereocenters. The second-order valence-corrected chi connectivity index (χ2v) is 5.75. The number of benzene rings is 2. The van der Waals surface area contributed by atoms with Gasteiger partial charge in [0.15, 0.2) is 0 Å². The number of ether oxygens (including phenoxy) is 1. The van der Waals surface area contributed by atoms with Crippen molar-refractivity contribution in [2.24, 2.45) is 0 Å². The van der Waals surface area contributed by atoms with E-state index >= 15 is 0 Å². The number of hydrogen-bond acceptors (Lipinski definition) is 3. The highest BCUT2D eigenvalue weighted by atomic mass is 16.5. The van der Waals surface area contributed by atoms with Gasteiger partial charge in [0, 0.05) is 11.3 Å². The van der Waals surface area contributed by atoms with Gasteiger partial charge in [-0.25, -0.2) is 4.79 Å². The van der Waals surface area contributed by atoms with Crippen LogP contribution in [0, 0.1) is 13.8 Å². The maximum Gasteiger partial charge on any atom is 0.342 e. The SMILES string of the molecule is C=C/C(=C\C=C\OC(=O)c1ccc(C)cc1)NC(=O)c1ccc(C)cc1. The van der Waals surface area contributed by atoms with Gasteiger partial charge < -0.3 is 10.1 Å². The molecule has 0 aliphatic heterocycles. The molecule has 0 saturated heterocycles. The molecular formula is C22H21NO3. The molecule has 1 amide bonds. The molecule has 26 heavy (non-hydrogen) atoms. The molecule has 1 N–H and O–H groups in total. The molecule has 0 aliphatic carbocycles. The van der Waals surface area contributed by atoms with Crippen LogP contribution in [0.3, 0.4) is 0 Å². The summed E-state index contributed by atoms with van der Waals surface area (Å²) in [5.74, 6) is -0.681. The first-order valence-electron chi connectivity index (χ1n) is 8.14. The molecule has 2 aromatic rings. The fourth-order valence-electron chi connectivity index (χ4n) is 2.07. The van der Waals surface area contributed by atoms with E-state index in [1.54, 1.807) is 30.3 Å². The molecule has 0 unspecified atom stereocenters. The average Bonchev–Trinajstić information content (AvgIpc) is 2.65. The van der Waals surface area contributed by atoms with Crippen LogP contribution in [-0.2, 0) is 4.74 Å². The van der Waals surface area contributed by atoms with E-state index in [2.05, 4.69) is 11.9 Å². The van der Waals surface area contributed by atoms with E-state index in [1.165, 1.54) is 18.4 Å². The lowest BCUT2D eigenvalue weighted by atomic mass is 10.1. The second kappa shape index (κ2) is 9.18. The van der Waals surface area contributed by atoms with E-state index in [0.717, 1.165) is 11.1 Å². The second-order valence-electron chi connectivity index (χ2n) is 5.75. The Morgan fingerprint density at radius 1 is 0.923 bits per heavy atom. The first kappa shape index (κ1) is 18.9. The average molecular weight is 347 g/mol. The Bertz CT molecular complexity index is 844. The van der Waals surface area contributed by atoms with Crippen LogP contribution in [-0.4, -0.2) is 11.9 Å². The van der Waals surface area contributed by atoms with Crippen molar-refractivity contribution in [1.29, 1.82) is 0 Å². The molecule has 0 fully saturated rings. The molecule has 2 rings (SSSR count). The monoisotopic (exact) mass is 347 g/mol. The van der Waals surface area contributed by atoms with Crippen LogP contribution in [0.4, 0.5) is 0 Å². The van der Waals surface area contributed by atoms with Gasteiger partial charge in [-0.3, -0.25) is 4.79 Å². The Balaban J connectivity index is 1.93. The molecule has 132 valence electrons. The van der Waals surface area contributed by atoms with Crippen LogP contribution < -0.4 is 5.32 Å². The van der Waals surface area contributed by atoms with Crippen LogP contribution in [0.1, 0.15) is 31.8 Å². The topological polar surface area (TPSA) is 55.4 Å². The molecule has 4 heteroatoms. The summed E-state index contributed by atoms with van der Waals surface area (Å²) in [5.41, 5.74) is 3.68. The Morgan fingerprint density at radius 3 is 2.00 bits per heavy atom. The van der Waals surface area contributed by atoms with Crippen molar-refractivity contribution in [2.45, 2.75) is 13.8 Å². The normalized spacial score (nSPS) is 11.2. The maximum absolute atomic E-state index is 12.2. The molecule has 0 saturated carbocycles. The van der Waals surface area contributed by atoms with E-state index < -0.39 is 5.97 Å². The summed E-state index contributed by atoms with van der Waals surface area (Å²) in [6, 6.07) is 14.4. The summed E-state index contributed by atoms with van der Waals surface area (Å²) in [6.07, 6.45) is 5.90. The molecule has 4 nitrogen and oxygen atoms in total. The van der Waals surface area contributed by atoms with E-state index in [9.17, 15) is 9.59 Å². The zero-order valence-electron chi connectivity index (χ0n) is 14.9. The first-order chi connectivity index (χ1) is 12.5. The number of carbonyl (C=O) groups excluding carboxylic acids is 2. The summed E-state index contributed by atoms with van der Waals surface area (Å²) in [5, 5.41) is 2.74. The summed E-state index contributed by atoms with van der Waals surface area (Å²) >= 11 is 0. The van der Waals surface area contributed by atoms with Crippen molar-refractivity contribution in [2.75, 3.05) is 0 Å². The van der Waals surface area contributed by atoms with Crippen LogP contribution in [0.25, 0.3) is 0 Å². The summed E-state index contributed by atoms with van der Waals surface area (Å²) in [6.45, 7) is 7.57. The predicted molar refractivity (Wildman–Crippen MR) is 103 cm³/mol. The zero-order chi connectivity index (χ0) is 18.9. The molecule has 0 heterocycles. The lowest BCUT2D eigenvalue weighted by molar-refractivity contribution is 0.0662. The van der Waals surface area contributed by atoms with Crippen molar-refractivity contribution in [3.05, 3.63) is 108 Å². The highest BCUT2D eigenvalue weighted by Crippen LogP contribution is 2.06. The highest BCUT2D eigenvalue weighted by Gasteiger charge is 2.06. The minimum Gasteiger partial charge on any atom is -0.431 e. The number of esters is 1. The van der Waals surface area contributed by atoms with Crippen molar-refractivity contribution >= 4 is 11.9 Å². The smallest absolute Gasteiger partial charge is 0.342 e. The van der Waals surface area contributed by atoms with Crippen LogP contribution in [0.5, 0.6) is 0 Å². The van der Waals surface area contributed by atoms with Crippen LogP contribution in [0.15, 0.2) is 85.3 Å². The third-order valence-corrected chi connectivity index (χ3v) is 3.61. The minimum absolute atomic E-state index is 0.235. The third-order valence-electron chi connectivity index (χ3n) is 3.61. The minimum atomic E-state index is -0.446. The largest absolute Gasteiger partial charge is 0.431 e. The van der Waals surface area contributed by atoms with E-state index in [-0.39, 0.29) is 5.91 Å². The van der Waals surface area contributed by atoms with Gasteiger partial charge in [0.2, 0.25) is 0 Å². The standard InChI is InChI=1S/C22H21NO3/c1-4-20(23-21(24)18-11-7-16(2)8-12-18)6-5-15-26-22(25)19-13-9-17(3)10-14-19/h4-15H,1H2,2-3H3,(H,23,24)/b15-5+,20-6+. The Labute approximate surface area is 153 Å². The molecule has 0 bridgehead atoms. The Morgan fingerprint density at radius 2 is 1.46 bits per heavy atom. The number of carbonyl (C=O) groups is 2. The van der Waals surface area contributed by atoms with Gasteiger partial charge in [0.25, 0.3) is 5.91 Å².